The number of hydrogen-bond donors (Lipinski definition) is 7. The Morgan fingerprint density at radius 1 is 0.780 bits per heavy atom. The predicted octanol–water partition coefficient (Wildman–Crippen LogP) is -0.139. The molecule has 2 aromatic rings. The number of phenolic OH excluding ortho intramolecular Hbond substituents is 2. The van der Waals surface area contributed by atoms with Gasteiger partial charge in [-0.1, -0.05) is 0 Å². The van der Waals surface area contributed by atoms with E-state index in [0.717, 1.165) is 5.56 Å². The number of aromatic hydroxyl groups is 2. The SMILES string of the molecule is COc1cc([C@H]2c3c(cc(OC)c(O)c3OC)C[C@H](CO[C@@H]3O[C@H](CO)[C@@H](O)[C@H](O)[C@H]3O)[C@@H]2CO)cc(OC)c1O. The molecule has 4 rings (SSSR count). The Bertz CT molecular complexity index is 1180. The summed E-state index contributed by atoms with van der Waals surface area (Å²) in [5.74, 6) is -1.45. The normalized spacial score (nSPS) is 29.5. The van der Waals surface area contributed by atoms with E-state index in [1.165, 1.54) is 28.4 Å². The number of phenols is 2. The lowest BCUT2D eigenvalue weighted by atomic mass is 9.66. The second kappa shape index (κ2) is 12.9. The lowest BCUT2D eigenvalue weighted by molar-refractivity contribution is -0.304. The van der Waals surface area contributed by atoms with Gasteiger partial charge in [-0.3, -0.25) is 0 Å². The molecule has 2 aliphatic rings. The highest BCUT2D eigenvalue weighted by atomic mass is 16.7. The third-order valence-corrected chi connectivity index (χ3v) is 7.99. The fourth-order valence-corrected chi connectivity index (χ4v) is 5.85. The van der Waals surface area contributed by atoms with Crippen LogP contribution < -0.4 is 18.9 Å². The Labute approximate surface area is 237 Å². The number of benzene rings is 2. The number of fused-ring (bicyclic) bond motifs is 1. The second-order valence-electron chi connectivity index (χ2n) is 10.1. The van der Waals surface area contributed by atoms with Crippen molar-refractivity contribution in [1.29, 1.82) is 0 Å². The van der Waals surface area contributed by atoms with E-state index in [1.807, 2.05) is 0 Å². The van der Waals surface area contributed by atoms with Crippen molar-refractivity contribution in [3.8, 4) is 34.5 Å². The first-order valence-electron chi connectivity index (χ1n) is 13.1. The molecular weight excluding hydrogens is 544 g/mol. The smallest absolute Gasteiger partial charge is 0.201 e. The van der Waals surface area contributed by atoms with E-state index >= 15 is 0 Å². The fraction of sp³-hybridized carbons (Fsp3) is 0.571. The molecule has 8 atom stereocenters. The second-order valence-corrected chi connectivity index (χ2v) is 10.1. The molecule has 41 heavy (non-hydrogen) atoms. The molecule has 1 heterocycles. The van der Waals surface area contributed by atoms with Gasteiger partial charge in [-0.25, -0.2) is 0 Å². The molecule has 0 amide bonds. The molecule has 0 saturated carbocycles. The zero-order chi connectivity index (χ0) is 30.0. The Kier molecular flexibility index (Phi) is 9.70. The van der Waals surface area contributed by atoms with Gasteiger partial charge in [0.05, 0.1) is 41.7 Å². The molecule has 1 aliphatic carbocycles. The number of rotatable bonds is 10. The molecule has 2 aromatic carbocycles. The van der Waals surface area contributed by atoms with Crippen LogP contribution in [-0.4, -0.2) is 115 Å². The van der Waals surface area contributed by atoms with Crippen LogP contribution in [0.1, 0.15) is 22.6 Å². The summed E-state index contributed by atoms with van der Waals surface area (Å²) in [6.07, 6.45) is -6.89. The Morgan fingerprint density at radius 2 is 1.39 bits per heavy atom. The average Bonchev–Trinajstić information content (AvgIpc) is 2.98. The van der Waals surface area contributed by atoms with E-state index in [-0.39, 0.29) is 47.7 Å². The monoisotopic (exact) mass is 582 g/mol. The molecule has 0 spiro atoms. The van der Waals surface area contributed by atoms with Crippen LogP contribution in [0.5, 0.6) is 34.5 Å². The van der Waals surface area contributed by atoms with Crippen LogP contribution in [0.4, 0.5) is 0 Å². The Hall–Kier alpha value is -3.04. The lowest BCUT2D eigenvalue weighted by Gasteiger charge is -2.42. The van der Waals surface area contributed by atoms with Gasteiger partial charge < -0.3 is 64.2 Å². The summed E-state index contributed by atoms with van der Waals surface area (Å²) in [5.41, 5.74) is 1.89. The third kappa shape index (κ3) is 5.58. The van der Waals surface area contributed by atoms with Crippen LogP contribution >= 0.6 is 0 Å². The third-order valence-electron chi connectivity index (χ3n) is 7.99. The minimum Gasteiger partial charge on any atom is -0.502 e. The molecule has 228 valence electrons. The van der Waals surface area contributed by atoms with Gasteiger partial charge in [-0.05, 0) is 47.6 Å². The van der Waals surface area contributed by atoms with Crippen LogP contribution in [0.2, 0.25) is 0 Å². The number of hydrogen-bond acceptors (Lipinski definition) is 13. The van der Waals surface area contributed by atoms with Crippen molar-refractivity contribution in [1.82, 2.24) is 0 Å². The fourth-order valence-electron chi connectivity index (χ4n) is 5.85. The summed E-state index contributed by atoms with van der Waals surface area (Å²) in [6, 6.07) is 4.89. The minimum atomic E-state index is -1.60. The Balaban J connectivity index is 1.80. The zero-order valence-electron chi connectivity index (χ0n) is 23.3. The van der Waals surface area contributed by atoms with Crippen LogP contribution in [0.15, 0.2) is 18.2 Å². The highest BCUT2D eigenvalue weighted by Gasteiger charge is 2.46. The van der Waals surface area contributed by atoms with Crippen LogP contribution in [0, 0.1) is 11.8 Å². The Morgan fingerprint density at radius 3 is 1.93 bits per heavy atom. The van der Waals surface area contributed by atoms with Crippen molar-refractivity contribution in [2.45, 2.75) is 43.0 Å². The molecule has 1 aliphatic heterocycles. The first-order valence-corrected chi connectivity index (χ1v) is 13.1. The summed E-state index contributed by atoms with van der Waals surface area (Å²) in [7, 11) is 5.61. The maximum Gasteiger partial charge on any atom is 0.201 e. The molecule has 0 bridgehead atoms. The van der Waals surface area contributed by atoms with Crippen molar-refractivity contribution < 1.29 is 64.2 Å². The minimum absolute atomic E-state index is 0.0677. The molecule has 7 N–H and O–H groups in total. The van der Waals surface area contributed by atoms with Crippen LogP contribution in [0.3, 0.4) is 0 Å². The number of ether oxygens (including phenoxy) is 6. The van der Waals surface area contributed by atoms with E-state index < -0.39 is 55.1 Å². The number of aliphatic hydroxyl groups is 5. The summed E-state index contributed by atoms with van der Waals surface area (Å²) in [4.78, 5) is 0. The molecule has 1 fully saturated rings. The van der Waals surface area contributed by atoms with Crippen LogP contribution in [-0.2, 0) is 15.9 Å². The van der Waals surface area contributed by atoms with Gasteiger partial charge >= 0.3 is 0 Å². The summed E-state index contributed by atoms with van der Waals surface area (Å²) in [6.45, 7) is -1.01. The highest BCUT2D eigenvalue weighted by molar-refractivity contribution is 5.64. The molecule has 0 unspecified atom stereocenters. The van der Waals surface area contributed by atoms with Crippen molar-refractivity contribution in [2.24, 2.45) is 11.8 Å². The van der Waals surface area contributed by atoms with E-state index in [9.17, 15) is 35.7 Å². The average molecular weight is 583 g/mol. The van der Waals surface area contributed by atoms with Gasteiger partial charge in [0.15, 0.2) is 29.3 Å². The van der Waals surface area contributed by atoms with Gasteiger partial charge in [0, 0.05) is 18.1 Å². The van der Waals surface area contributed by atoms with Gasteiger partial charge in [-0.2, -0.15) is 0 Å². The largest absolute Gasteiger partial charge is 0.502 e. The van der Waals surface area contributed by atoms with Crippen molar-refractivity contribution in [2.75, 3.05) is 48.3 Å². The van der Waals surface area contributed by atoms with Gasteiger partial charge in [0.1, 0.15) is 24.4 Å². The summed E-state index contributed by atoms with van der Waals surface area (Å²) < 4.78 is 33.2. The first kappa shape index (κ1) is 30.9. The van der Waals surface area contributed by atoms with Crippen LogP contribution in [0.25, 0.3) is 0 Å². The highest BCUT2D eigenvalue weighted by Crippen LogP contribution is 2.54. The molecule has 1 saturated heterocycles. The molecule has 0 radical (unpaired) electrons. The van der Waals surface area contributed by atoms with Gasteiger partial charge in [0.2, 0.25) is 11.5 Å². The van der Waals surface area contributed by atoms with Crippen molar-refractivity contribution in [3.63, 3.8) is 0 Å². The maximum absolute atomic E-state index is 10.9. The number of methoxy groups -OCH3 is 4. The lowest BCUT2D eigenvalue weighted by Crippen LogP contribution is -2.59. The molecule has 13 heteroatoms. The topological polar surface area (TPSA) is 197 Å². The van der Waals surface area contributed by atoms with E-state index in [1.54, 1.807) is 18.2 Å². The standard InChI is InChI=1S/C28H38O13/c1-36-16-7-13(8-17(37-2)22(16)31)20-15(9-29)14(5-12-6-18(38-3)24(33)27(39-4)21(12)20)11-40-28-26(35)25(34)23(32)19(10-30)41-28/h6-8,14-15,19-20,23,25-26,28-35H,5,9-11H2,1-4H3/t14-,15+,19-,20-,23-,25+,26-,28-/m1/s1. The summed E-state index contributed by atoms with van der Waals surface area (Å²) >= 11 is 0. The predicted molar refractivity (Wildman–Crippen MR) is 142 cm³/mol. The van der Waals surface area contributed by atoms with E-state index in [2.05, 4.69) is 0 Å². The number of aliphatic hydroxyl groups excluding tert-OH is 5. The zero-order valence-corrected chi connectivity index (χ0v) is 23.3. The molecule has 0 aromatic heterocycles. The maximum atomic E-state index is 10.9. The van der Waals surface area contributed by atoms with E-state index in [4.69, 9.17) is 28.4 Å². The van der Waals surface area contributed by atoms with Crippen molar-refractivity contribution in [3.05, 3.63) is 34.9 Å². The first-order chi connectivity index (χ1) is 19.6. The van der Waals surface area contributed by atoms with Crippen molar-refractivity contribution >= 4 is 0 Å². The molecular formula is C28H38O13. The van der Waals surface area contributed by atoms with Gasteiger partial charge in [0.25, 0.3) is 0 Å². The quantitative estimate of drug-likeness (QED) is 0.196. The molecule has 13 nitrogen and oxygen atoms in total. The van der Waals surface area contributed by atoms with Gasteiger partial charge in [-0.15, -0.1) is 0 Å². The summed E-state index contributed by atoms with van der Waals surface area (Å²) in [5, 5.41) is 72.5. The van der Waals surface area contributed by atoms with E-state index in [0.29, 0.717) is 17.5 Å².